The lowest BCUT2D eigenvalue weighted by atomic mass is 10.2. The van der Waals surface area contributed by atoms with Crippen molar-refractivity contribution in [1.29, 1.82) is 0 Å². The molecule has 1 aromatic carbocycles. The van der Waals surface area contributed by atoms with Crippen LogP contribution in [0.2, 0.25) is 0 Å². The molecule has 0 heterocycles. The second-order valence-electron chi connectivity index (χ2n) is 4.70. The maximum absolute atomic E-state index is 12.3. The van der Waals surface area contributed by atoms with E-state index in [1.54, 1.807) is 0 Å². The summed E-state index contributed by atoms with van der Waals surface area (Å²) in [6.07, 6.45) is -0.0722. The van der Waals surface area contributed by atoms with Crippen molar-refractivity contribution in [2.24, 2.45) is 0 Å². The van der Waals surface area contributed by atoms with Gasteiger partial charge in [0.25, 0.3) is 6.43 Å². The molecule has 1 saturated carbocycles. The Hall–Kier alpha value is -0.880. The lowest BCUT2D eigenvalue weighted by Gasteiger charge is -2.15. The first kappa shape index (κ1) is 15.5. The van der Waals surface area contributed by atoms with Crippen LogP contribution in [0.1, 0.15) is 25.3 Å². The van der Waals surface area contributed by atoms with Crippen LogP contribution in [0.4, 0.5) is 8.78 Å². The van der Waals surface area contributed by atoms with Gasteiger partial charge in [0.2, 0.25) is 0 Å². The molecule has 2 rings (SSSR count). The number of nitrogens with one attached hydrogen (secondary N) is 1. The van der Waals surface area contributed by atoms with E-state index in [0.717, 1.165) is 12.1 Å². The van der Waals surface area contributed by atoms with Gasteiger partial charge in [-0.3, -0.25) is 0 Å². The predicted octanol–water partition coefficient (Wildman–Crippen LogP) is 3.74. The summed E-state index contributed by atoms with van der Waals surface area (Å²) in [6.45, 7) is 2.40. The van der Waals surface area contributed by atoms with E-state index in [2.05, 4.69) is 21.2 Å². The third kappa shape index (κ3) is 4.59. The second-order valence-corrected chi connectivity index (χ2v) is 5.55. The molecule has 0 saturated heterocycles. The zero-order valence-electron chi connectivity index (χ0n) is 11.3. The van der Waals surface area contributed by atoms with Gasteiger partial charge in [-0.2, -0.15) is 0 Å². The van der Waals surface area contributed by atoms with Crippen molar-refractivity contribution in [1.82, 2.24) is 5.32 Å². The molecule has 3 nitrogen and oxygen atoms in total. The van der Waals surface area contributed by atoms with Crippen LogP contribution in [0, 0.1) is 0 Å². The fourth-order valence-corrected chi connectivity index (χ4v) is 2.43. The smallest absolute Gasteiger partial charge is 0.272 e. The molecule has 0 atom stereocenters. The normalized spacial score (nSPS) is 14.7. The number of halogens is 3. The largest absolute Gasteiger partial charge is 0.490 e. The summed E-state index contributed by atoms with van der Waals surface area (Å²) >= 11 is 3.36. The molecule has 112 valence electrons. The number of hydrogen-bond acceptors (Lipinski definition) is 3. The van der Waals surface area contributed by atoms with Crippen LogP contribution in [0.15, 0.2) is 16.6 Å². The van der Waals surface area contributed by atoms with E-state index < -0.39 is 13.0 Å². The zero-order valence-corrected chi connectivity index (χ0v) is 12.9. The zero-order chi connectivity index (χ0) is 14.5. The van der Waals surface area contributed by atoms with E-state index in [9.17, 15) is 8.78 Å². The summed E-state index contributed by atoms with van der Waals surface area (Å²) < 4.78 is 35.8. The van der Waals surface area contributed by atoms with Crippen LogP contribution < -0.4 is 14.8 Å². The summed E-state index contributed by atoms with van der Waals surface area (Å²) in [5.41, 5.74) is 1.04. The molecular weight excluding hydrogens is 332 g/mol. The predicted molar refractivity (Wildman–Crippen MR) is 76.7 cm³/mol. The first-order chi connectivity index (χ1) is 9.60. The minimum Gasteiger partial charge on any atom is -0.490 e. The van der Waals surface area contributed by atoms with Gasteiger partial charge in [0.1, 0.15) is 6.61 Å². The first-order valence-electron chi connectivity index (χ1n) is 6.69. The molecule has 1 aliphatic rings. The summed E-state index contributed by atoms with van der Waals surface area (Å²) in [5.74, 6) is 0.831. The fraction of sp³-hybridized carbons (Fsp3) is 0.571. The number of hydrogen-bond donors (Lipinski definition) is 1. The Labute approximate surface area is 125 Å². The fourth-order valence-electron chi connectivity index (χ4n) is 1.82. The van der Waals surface area contributed by atoms with Crippen LogP contribution in [0.25, 0.3) is 0 Å². The van der Waals surface area contributed by atoms with Crippen LogP contribution in [-0.2, 0) is 6.54 Å². The van der Waals surface area contributed by atoms with Crippen molar-refractivity contribution in [3.05, 3.63) is 22.2 Å². The molecule has 1 fully saturated rings. The summed E-state index contributed by atoms with van der Waals surface area (Å²) in [6, 6.07) is 4.32. The molecule has 0 aliphatic heterocycles. The quantitative estimate of drug-likeness (QED) is 0.775. The highest BCUT2D eigenvalue weighted by molar-refractivity contribution is 9.10. The van der Waals surface area contributed by atoms with Crippen LogP contribution in [0.5, 0.6) is 11.5 Å². The van der Waals surface area contributed by atoms with Crippen molar-refractivity contribution in [3.8, 4) is 11.5 Å². The van der Waals surface area contributed by atoms with Gasteiger partial charge in [0, 0.05) is 12.6 Å². The molecule has 20 heavy (non-hydrogen) atoms. The molecule has 6 heteroatoms. The molecule has 1 aliphatic carbocycles. The number of ether oxygens (including phenoxy) is 2. The average Bonchev–Trinajstić information content (AvgIpc) is 3.19. The van der Waals surface area contributed by atoms with Gasteiger partial charge in [-0.15, -0.1) is 0 Å². The van der Waals surface area contributed by atoms with Crippen molar-refractivity contribution in [3.63, 3.8) is 0 Å². The summed E-state index contributed by atoms with van der Waals surface area (Å²) in [5, 5.41) is 3.40. The highest BCUT2D eigenvalue weighted by Gasteiger charge is 2.21. The molecule has 1 N–H and O–H groups in total. The Kier molecular flexibility index (Phi) is 5.60. The Morgan fingerprint density at radius 1 is 1.35 bits per heavy atom. The molecule has 1 aromatic rings. The third-order valence-corrected chi connectivity index (χ3v) is 3.48. The van der Waals surface area contributed by atoms with Gasteiger partial charge >= 0.3 is 0 Å². The van der Waals surface area contributed by atoms with E-state index in [0.29, 0.717) is 28.6 Å². The Balaban J connectivity index is 2.11. The van der Waals surface area contributed by atoms with Crippen LogP contribution in [0.3, 0.4) is 0 Å². The first-order valence-corrected chi connectivity index (χ1v) is 7.49. The SMILES string of the molecule is CCOc1cc(CNC2CC2)cc(Br)c1OCC(F)F. The van der Waals surface area contributed by atoms with E-state index in [-0.39, 0.29) is 0 Å². The van der Waals surface area contributed by atoms with Gasteiger partial charge in [-0.25, -0.2) is 8.78 Å². The number of benzene rings is 1. The molecule has 0 amide bonds. The van der Waals surface area contributed by atoms with Gasteiger partial charge in [-0.1, -0.05) is 0 Å². The minimum absolute atomic E-state index is 0.335. The van der Waals surface area contributed by atoms with Crippen LogP contribution in [-0.4, -0.2) is 25.7 Å². The molecular formula is C14H18BrF2NO2. The van der Waals surface area contributed by atoms with Gasteiger partial charge < -0.3 is 14.8 Å². The third-order valence-electron chi connectivity index (χ3n) is 2.90. The lowest BCUT2D eigenvalue weighted by molar-refractivity contribution is 0.0796. The second kappa shape index (κ2) is 7.22. The summed E-state index contributed by atoms with van der Waals surface area (Å²) in [4.78, 5) is 0. The molecule has 0 spiro atoms. The van der Waals surface area contributed by atoms with Crippen molar-refractivity contribution >= 4 is 15.9 Å². The van der Waals surface area contributed by atoms with Crippen molar-refractivity contribution in [2.45, 2.75) is 38.8 Å². The summed E-state index contributed by atoms with van der Waals surface area (Å²) in [7, 11) is 0. The highest BCUT2D eigenvalue weighted by atomic mass is 79.9. The van der Waals surface area contributed by atoms with Gasteiger partial charge in [0.05, 0.1) is 11.1 Å². The van der Waals surface area contributed by atoms with Gasteiger partial charge in [0.15, 0.2) is 11.5 Å². The minimum atomic E-state index is -2.51. The van der Waals surface area contributed by atoms with E-state index >= 15 is 0 Å². The standard InChI is InChI=1S/C14H18BrF2NO2/c1-2-19-12-6-9(7-18-10-3-4-10)5-11(15)14(12)20-8-13(16)17/h5-6,10,13,18H,2-4,7-8H2,1H3. The Morgan fingerprint density at radius 2 is 2.10 bits per heavy atom. The van der Waals surface area contributed by atoms with E-state index in [1.165, 1.54) is 12.8 Å². The van der Waals surface area contributed by atoms with E-state index in [1.807, 2.05) is 19.1 Å². The molecule has 0 bridgehead atoms. The Morgan fingerprint density at radius 3 is 2.70 bits per heavy atom. The number of rotatable bonds is 8. The molecule has 0 unspecified atom stereocenters. The number of alkyl halides is 2. The topological polar surface area (TPSA) is 30.5 Å². The average molecular weight is 350 g/mol. The van der Waals surface area contributed by atoms with Gasteiger partial charge in [-0.05, 0) is 53.4 Å². The molecule has 0 radical (unpaired) electrons. The van der Waals surface area contributed by atoms with Crippen LogP contribution >= 0.6 is 15.9 Å². The Bertz CT molecular complexity index is 453. The van der Waals surface area contributed by atoms with E-state index in [4.69, 9.17) is 9.47 Å². The monoisotopic (exact) mass is 349 g/mol. The maximum Gasteiger partial charge on any atom is 0.272 e. The maximum atomic E-state index is 12.3. The highest BCUT2D eigenvalue weighted by Crippen LogP contribution is 2.37. The van der Waals surface area contributed by atoms with Crippen molar-refractivity contribution < 1.29 is 18.3 Å². The van der Waals surface area contributed by atoms with Crippen molar-refractivity contribution in [2.75, 3.05) is 13.2 Å². The molecule has 0 aromatic heterocycles. The lowest BCUT2D eigenvalue weighted by Crippen LogP contribution is -2.15.